The fourth-order valence-corrected chi connectivity index (χ4v) is 5.03. The standard InChI is InChI=1S/C26H28N6O2S/c1-3-31(4-2)25(34)17-8-7-9-18(14-17)28-23(33)16-35-26-30-29-24(32(26)19-12-13-19)21-15-27-22-11-6-5-10-20(21)22/h5-11,14-15,19,27H,3-4,12-13,16H2,1-2H3,(H,28,33). The number of nitrogens with one attached hydrogen (secondary N) is 2. The largest absolute Gasteiger partial charge is 0.360 e. The molecule has 1 aliphatic carbocycles. The number of hydrogen-bond acceptors (Lipinski definition) is 5. The Labute approximate surface area is 208 Å². The summed E-state index contributed by atoms with van der Waals surface area (Å²) >= 11 is 1.38. The first kappa shape index (κ1) is 23.2. The third kappa shape index (κ3) is 4.81. The summed E-state index contributed by atoms with van der Waals surface area (Å²) in [6, 6.07) is 15.6. The Hall–Kier alpha value is -3.59. The van der Waals surface area contributed by atoms with Crippen LogP contribution in [-0.4, -0.2) is 55.3 Å². The van der Waals surface area contributed by atoms with Gasteiger partial charge in [0.05, 0.1) is 5.75 Å². The van der Waals surface area contributed by atoms with Crippen LogP contribution in [0.3, 0.4) is 0 Å². The monoisotopic (exact) mass is 488 g/mol. The molecule has 1 fully saturated rings. The molecule has 1 saturated carbocycles. The van der Waals surface area contributed by atoms with Crippen molar-refractivity contribution in [2.75, 3.05) is 24.2 Å². The molecule has 0 radical (unpaired) electrons. The van der Waals surface area contributed by atoms with Gasteiger partial charge in [-0.15, -0.1) is 10.2 Å². The minimum absolute atomic E-state index is 0.0391. The molecule has 0 unspecified atom stereocenters. The molecule has 0 atom stereocenters. The lowest BCUT2D eigenvalue weighted by Gasteiger charge is -2.19. The Morgan fingerprint density at radius 3 is 2.69 bits per heavy atom. The second-order valence-electron chi connectivity index (χ2n) is 8.55. The molecule has 5 rings (SSSR count). The number of aromatic nitrogens is 4. The maximum Gasteiger partial charge on any atom is 0.253 e. The van der Waals surface area contributed by atoms with Crippen LogP contribution in [0.4, 0.5) is 5.69 Å². The number of thioether (sulfide) groups is 1. The van der Waals surface area contributed by atoms with E-state index in [4.69, 9.17) is 0 Å². The van der Waals surface area contributed by atoms with E-state index in [1.807, 2.05) is 38.2 Å². The van der Waals surface area contributed by atoms with Gasteiger partial charge in [-0.05, 0) is 51.0 Å². The summed E-state index contributed by atoms with van der Waals surface area (Å²) in [6.45, 7) is 5.19. The molecule has 4 aromatic rings. The lowest BCUT2D eigenvalue weighted by atomic mass is 10.1. The van der Waals surface area contributed by atoms with Crippen LogP contribution in [-0.2, 0) is 4.79 Å². The summed E-state index contributed by atoms with van der Waals surface area (Å²) in [7, 11) is 0. The van der Waals surface area contributed by atoms with Gasteiger partial charge in [0, 0.05) is 53.0 Å². The van der Waals surface area contributed by atoms with Crippen molar-refractivity contribution in [1.29, 1.82) is 0 Å². The second-order valence-corrected chi connectivity index (χ2v) is 9.49. The van der Waals surface area contributed by atoms with Crippen molar-refractivity contribution in [3.63, 3.8) is 0 Å². The third-order valence-corrected chi connectivity index (χ3v) is 7.13. The Morgan fingerprint density at radius 2 is 1.91 bits per heavy atom. The normalized spacial score (nSPS) is 13.2. The number of para-hydroxylation sites is 1. The van der Waals surface area contributed by atoms with Crippen LogP contribution < -0.4 is 5.32 Å². The Kier molecular flexibility index (Phi) is 6.59. The zero-order chi connectivity index (χ0) is 24.4. The first-order valence-corrected chi connectivity index (χ1v) is 12.9. The second kappa shape index (κ2) is 9.95. The molecule has 2 aromatic carbocycles. The Morgan fingerprint density at radius 1 is 1.11 bits per heavy atom. The molecule has 2 heterocycles. The summed E-state index contributed by atoms with van der Waals surface area (Å²) in [5.41, 5.74) is 3.25. The SMILES string of the molecule is CCN(CC)C(=O)c1cccc(NC(=O)CSc2nnc(-c3c[nH]c4ccccc34)n2C2CC2)c1. The first-order chi connectivity index (χ1) is 17.1. The molecule has 8 nitrogen and oxygen atoms in total. The van der Waals surface area contributed by atoms with E-state index in [9.17, 15) is 9.59 Å². The number of nitrogens with zero attached hydrogens (tertiary/aromatic N) is 4. The molecule has 35 heavy (non-hydrogen) atoms. The predicted molar refractivity (Wildman–Crippen MR) is 139 cm³/mol. The number of amides is 2. The lowest BCUT2D eigenvalue weighted by molar-refractivity contribution is -0.113. The Balaban J connectivity index is 1.29. The predicted octanol–water partition coefficient (Wildman–Crippen LogP) is 4.97. The van der Waals surface area contributed by atoms with Crippen molar-refractivity contribution < 1.29 is 9.59 Å². The van der Waals surface area contributed by atoms with E-state index in [1.165, 1.54) is 11.8 Å². The van der Waals surface area contributed by atoms with Crippen LogP contribution in [0.25, 0.3) is 22.3 Å². The molecule has 0 aliphatic heterocycles. The van der Waals surface area contributed by atoms with Crippen LogP contribution in [0.5, 0.6) is 0 Å². The minimum atomic E-state index is -0.151. The topological polar surface area (TPSA) is 95.9 Å². The van der Waals surface area contributed by atoms with Crippen LogP contribution in [0.1, 0.15) is 43.1 Å². The zero-order valence-electron chi connectivity index (χ0n) is 19.8. The maximum atomic E-state index is 12.7. The highest BCUT2D eigenvalue weighted by atomic mass is 32.2. The molecule has 2 N–H and O–H groups in total. The lowest BCUT2D eigenvalue weighted by Crippen LogP contribution is -2.30. The first-order valence-electron chi connectivity index (χ1n) is 11.9. The van der Waals surface area contributed by atoms with E-state index in [2.05, 4.69) is 31.1 Å². The van der Waals surface area contributed by atoms with Gasteiger partial charge >= 0.3 is 0 Å². The average Bonchev–Trinajstić information content (AvgIpc) is 3.49. The number of carbonyl (C=O) groups excluding carboxylic acids is 2. The number of anilines is 1. The molecule has 2 aromatic heterocycles. The summed E-state index contributed by atoms with van der Waals surface area (Å²) in [5.74, 6) is 0.840. The van der Waals surface area contributed by atoms with Gasteiger partial charge in [0.1, 0.15) is 0 Å². The van der Waals surface area contributed by atoms with Gasteiger partial charge in [-0.1, -0.05) is 36.0 Å². The smallest absolute Gasteiger partial charge is 0.253 e. The highest BCUT2D eigenvalue weighted by Gasteiger charge is 2.31. The van der Waals surface area contributed by atoms with Crippen molar-refractivity contribution in [3.05, 3.63) is 60.3 Å². The zero-order valence-corrected chi connectivity index (χ0v) is 20.6. The number of hydrogen-bond donors (Lipinski definition) is 2. The Bertz CT molecular complexity index is 1370. The molecule has 0 spiro atoms. The average molecular weight is 489 g/mol. The van der Waals surface area contributed by atoms with E-state index in [1.54, 1.807) is 29.2 Å². The van der Waals surface area contributed by atoms with Gasteiger partial charge < -0.3 is 15.2 Å². The number of rotatable bonds is 9. The van der Waals surface area contributed by atoms with Gasteiger partial charge in [-0.3, -0.25) is 14.2 Å². The van der Waals surface area contributed by atoms with Gasteiger partial charge in [-0.25, -0.2) is 0 Å². The maximum absolute atomic E-state index is 12.7. The minimum Gasteiger partial charge on any atom is -0.360 e. The molecule has 9 heteroatoms. The van der Waals surface area contributed by atoms with Crippen molar-refractivity contribution >= 4 is 40.2 Å². The van der Waals surface area contributed by atoms with Gasteiger partial charge in [0.2, 0.25) is 5.91 Å². The van der Waals surface area contributed by atoms with Crippen LogP contribution in [0, 0.1) is 0 Å². The van der Waals surface area contributed by atoms with Crippen molar-refractivity contribution in [1.82, 2.24) is 24.6 Å². The van der Waals surface area contributed by atoms with Crippen molar-refractivity contribution in [3.8, 4) is 11.4 Å². The fourth-order valence-electron chi connectivity index (χ4n) is 4.23. The molecule has 0 bridgehead atoms. The van der Waals surface area contributed by atoms with Gasteiger partial charge in [-0.2, -0.15) is 0 Å². The van der Waals surface area contributed by atoms with E-state index in [0.29, 0.717) is 30.4 Å². The number of benzene rings is 2. The van der Waals surface area contributed by atoms with Gasteiger partial charge in [0.25, 0.3) is 5.91 Å². The summed E-state index contributed by atoms with van der Waals surface area (Å²) < 4.78 is 2.16. The van der Waals surface area contributed by atoms with Crippen molar-refractivity contribution in [2.24, 2.45) is 0 Å². The van der Waals surface area contributed by atoms with E-state index >= 15 is 0 Å². The number of fused-ring (bicyclic) bond motifs is 1. The van der Waals surface area contributed by atoms with E-state index < -0.39 is 0 Å². The number of carbonyl (C=O) groups is 2. The molecule has 2 amide bonds. The number of aromatic amines is 1. The summed E-state index contributed by atoms with van der Waals surface area (Å²) in [4.78, 5) is 30.4. The van der Waals surface area contributed by atoms with E-state index in [-0.39, 0.29) is 17.6 Å². The van der Waals surface area contributed by atoms with Crippen LogP contribution >= 0.6 is 11.8 Å². The highest BCUT2D eigenvalue weighted by Crippen LogP contribution is 2.42. The molecular formula is C26H28N6O2S. The molecular weight excluding hydrogens is 460 g/mol. The van der Waals surface area contributed by atoms with Crippen molar-refractivity contribution in [2.45, 2.75) is 37.9 Å². The van der Waals surface area contributed by atoms with E-state index in [0.717, 1.165) is 40.3 Å². The summed E-state index contributed by atoms with van der Waals surface area (Å²) in [6.07, 6.45) is 4.14. The molecule has 180 valence electrons. The number of H-pyrrole nitrogens is 1. The van der Waals surface area contributed by atoms with Crippen LogP contribution in [0.2, 0.25) is 0 Å². The third-order valence-electron chi connectivity index (χ3n) is 6.18. The quantitative estimate of drug-likeness (QED) is 0.324. The van der Waals surface area contributed by atoms with Gasteiger partial charge in [0.15, 0.2) is 11.0 Å². The molecule has 1 aliphatic rings. The molecule has 0 saturated heterocycles. The highest BCUT2D eigenvalue weighted by molar-refractivity contribution is 7.99. The fraction of sp³-hybridized carbons (Fsp3) is 0.308. The summed E-state index contributed by atoms with van der Waals surface area (Å²) in [5, 5.41) is 13.7. The van der Waals surface area contributed by atoms with Crippen LogP contribution in [0.15, 0.2) is 59.9 Å².